The molecule has 0 aliphatic carbocycles. The molecule has 0 aliphatic heterocycles. The van der Waals surface area contributed by atoms with Crippen molar-refractivity contribution < 1.29 is 0 Å². The van der Waals surface area contributed by atoms with E-state index < -0.39 is 0 Å². The Hall–Kier alpha value is -1.19. The van der Waals surface area contributed by atoms with E-state index in [9.17, 15) is 0 Å². The van der Waals surface area contributed by atoms with Crippen LogP contribution in [0, 0.1) is 6.92 Å². The van der Waals surface area contributed by atoms with Crippen LogP contribution in [0.1, 0.15) is 28.2 Å². The summed E-state index contributed by atoms with van der Waals surface area (Å²) in [6.45, 7) is 2.87. The molecule has 0 saturated carbocycles. The molecule has 0 amide bonds. The summed E-state index contributed by atoms with van der Waals surface area (Å²) in [6, 6.07) is 8.75. The first kappa shape index (κ1) is 13.2. The molecule has 0 bridgehead atoms. The minimum Gasteiger partial charge on any atom is -0.330 e. The molecule has 0 radical (unpaired) electrons. The molecule has 2 aromatic rings. The summed E-state index contributed by atoms with van der Waals surface area (Å²) in [7, 11) is 0. The molecule has 18 heavy (non-hydrogen) atoms. The van der Waals surface area contributed by atoms with Gasteiger partial charge in [-0.2, -0.15) is 0 Å². The molecule has 0 atom stereocenters. The highest BCUT2D eigenvalue weighted by Crippen LogP contribution is 2.14. The maximum Gasteiger partial charge on any atom is 0.0931 e. The Labute approximate surface area is 113 Å². The van der Waals surface area contributed by atoms with Gasteiger partial charge in [-0.25, -0.2) is 4.98 Å². The van der Waals surface area contributed by atoms with E-state index in [1.165, 1.54) is 21.8 Å². The Morgan fingerprint density at radius 2 is 1.89 bits per heavy atom. The van der Waals surface area contributed by atoms with Gasteiger partial charge in [-0.05, 0) is 38.3 Å². The van der Waals surface area contributed by atoms with Crippen LogP contribution in [0.15, 0.2) is 29.6 Å². The molecule has 0 saturated heterocycles. The predicted molar refractivity (Wildman–Crippen MR) is 78.1 cm³/mol. The average Bonchev–Trinajstić information content (AvgIpc) is 2.84. The Morgan fingerprint density at radius 1 is 1.11 bits per heavy atom. The monoisotopic (exact) mass is 260 g/mol. The summed E-state index contributed by atoms with van der Waals surface area (Å²) in [5.41, 5.74) is 9.41. The number of hydrogen-bond acceptors (Lipinski definition) is 3. The third-order valence-electron chi connectivity index (χ3n) is 2.98. The Balaban J connectivity index is 1.86. The van der Waals surface area contributed by atoms with E-state index in [0.717, 1.165) is 32.2 Å². The lowest BCUT2D eigenvalue weighted by molar-refractivity contribution is 0.807. The lowest BCUT2D eigenvalue weighted by Gasteiger charge is -2.00. The molecule has 2 nitrogen and oxygen atoms in total. The zero-order valence-electron chi connectivity index (χ0n) is 10.9. The average molecular weight is 260 g/mol. The van der Waals surface area contributed by atoms with Crippen molar-refractivity contribution in [2.24, 2.45) is 5.73 Å². The minimum absolute atomic E-state index is 0.746. The molecule has 0 fully saturated rings. The van der Waals surface area contributed by atoms with Gasteiger partial charge in [-0.15, -0.1) is 11.3 Å². The van der Waals surface area contributed by atoms with Crippen LogP contribution in [0.25, 0.3) is 0 Å². The van der Waals surface area contributed by atoms with Crippen LogP contribution in [0.5, 0.6) is 0 Å². The molecular weight excluding hydrogens is 240 g/mol. The summed E-state index contributed by atoms with van der Waals surface area (Å²) in [5.74, 6) is 0. The van der Waals surface area contributed by atoms with Crippen molar-refractivity contribution in [1.29, 1.82) is 0 Å². The quantitative estimate of drug-likeness (QED) is 0.866. The molecule has 0 aliphatic rings. The van der Waals surface area contributed by atoms with Crippen molar-refractivity contribution in [3.63, 3.8) is 0 Å². The first-order chi connectivity index (χ1) is 8.78. The SMILES string of the molecule is Cc1ccc(CCc2nc(CCCN)cs2)cc1. The van der Waals surface area contributed by atoms with E-state index in [2.05, 4.69) is 41.6 Å². The fourth-order valence-corrected chi connectivity index (χ4v) is 2.70. The molecule has 96 valence electrons. The van der Waals surface area contributed by atoms with Crippen LogP contribution in [-0.2, 0) is 19.3 Å². The molecule has 3 heteroatoms. The predicted octanol–water partition coefficient (Wildman–Crippen LogP) is 3.13. The van der Waals surface area contributed by atoms with Gasteiger partial charge in [0.25, 0.3) is 0 Å². The van der Waals surface area contributed by atoms with Crippen molar-refractivity contribution in [1.82, 2.24) is 4.98 Å². The molecule has 0 unspecified atom stereocenters. The minimum atomic E-state index is 0.746. The zero-order chi connectivity index (χ0) is 12.8. The molecular formula is C15H20N2S. The highest BCUT2D eigenvalue weighted by Gasteiger charge is 2.02. The largest absolute Gasteiger partial charge is 0.330 e. The standard InChI is InChI=1S/C15H20N2S/c1-12-4-6-13(7-5-12)8-9-15-17-14(11-18-15)3-2-10-16/h4-7,11H,2-3,8-10,16H2,1H3. The second-order valence-corrected chi connectivity index (χ2v) is 5.55. The summed E-state index contributed by atoms with van der Waals surface area (Å²) in [6.07, 6.45) is 4.15. The van der Waals surface area contributed by atoms with Crippen LogP contribution in [-0.4, -0.2) is 11.5 Å². The maximum atomic E-state index is 5.51. The Morgan fingerprint density at radius 3 is 2.61 bits per heavy atom. The van der Waals surface area contributed by atoms with Crippen LogP contribution in [0.2, 0.25) is 0 Å². The van der Waals surface area contributed by atoms with Crippen molar-refractivity contribution in [3.8, 4) is 0 Å². The first-order valence-electron chi connectivity index (χ1n) is 6.47. The lowest BCUT2D eigenvalue weighted by Crippen LogP contribution is -2.00. The fraction of sp³-hybridized carbons (Fsp3) is 0.400. The topological polar surface area (TPSA) is 38.9 Å². The van der Waals surface area contributed by atoms with Crippen molar-refractivity contribution >= 4 is 11.3 Å². The van der Waals surface area contributed by atoms with E-state index in [1.54, 1.807) is 11.3 Å². The van der Waals surface area contributed by atoms with Crippen LogP contribution >= 0.6 is 11.3 Å². The number of thiazole rings is 1. The van der Waals surface area contributed by atoms with Crippen molar-refractivity contribution in [2.75, 3.05) is 6.54 Å². The van der Waals surface area contributed by atoms with E-state index in [4.69, 9.17) is 5.73 Å². The Bertz CT molecular complexity index is 473. The third-order valence-corrected chi connectivity index (χ3v) is 3.94. The maximum absolute atomic E-state index is 5.51. The van der Waals surface area contributed by atoms with Gasteiger partial charge < -0.3 is 5.73 Å². The van der Waals surface area contributed by atoms with Gasteiger partial charge >= 0.3 is 0 Å². The number of hydrogen-bond donors (Lipinski definition) is 1. The normalized spacial score (nSPS) is 10.8. The number of benzene rings is 1. The number of aromatic nitrogens is 1. The van der Waals surface area contributed by atoms with Crippen LogP contribution < -0.4 is 5.73 Å². The zero-order valence-corrected chi connectivity index (χ0v) is 11.7. The molecule has 1 heterocycles. The molecule has 1 aromatic carbocycles. The number of nitrogens with zero attached hydrogens (tertiary/aromatic N) is 1. The number of nitrogens with two attached hydrogens (primary N) is 1. The smallest absolute Gasteiger partial charge is 0.0931 e. The van der Waals surface area contributed by atoms with Gasteiger partial charge in [0, 0.05) is 11.8 Å². The second kappa shape index (κ2) is 6.66. The summed E-state index contributed by atoms with van der Waals surface area (Å²) in [5, 5.41) is 3.41. The van der Waals surface area contributed by atoms with Gasteiger partial charge in [0.2, 0.25) is 0 Å². The van der Waals surface area contributed by atoms with Crippen molar-refractivity contribution in [2.45, 2.75) is 32.6 Å². The summed E-state index contributed by atoms with van der Waals surface area (Å²) >= 11 is 1.77. The highest BCUT2D eigenvalue weighted by molar-refractivity contribution is 7.09. The molecule has 1 aromatic heterocycles. The third kappa shape index (κ3) is 3.93. The van der Waals surface area contributed by atoms with Crippen molar-refractivity contribution in [3.05, 3.63) is 51.5 Å². The first-order valence-corrected chi connectivity index (χ1v) is 7.35. The van der Waals surface area contributed by atoms with Gasteiger partial charge in [-0.1, -0.05) is 29.8 Å². The van der Waals surface area contributed by atoms with Gasteiger partial charge in [0.15, 0.2) is 0 Å². The van der Waals surface area contributed by atoms with E-state index in [0.29, 0.717) is 0 Å². The molecule has 0 spiro atoms. The summed E-state index contributed by atoms with van der Waals surface area (Å²) < 4.78 is 0. The lowest BCUT2D eigenvalue weighted by atomic mass is 10.1. The molecule has 2 N–H and O–H groups in total. The van der Waals surface area contributed by atoms with E-state index in [1.807, 2.05) is 0 Å². The van der Waals surface area contributed by atoms with Gasteiger partial charge in [0.1, 0.15) is 0 Å². The van der Waals surface area contributed by atoms with Crippen LogP contribution in [0.3, 0.4) is 0 Å². The van der Waals surface area contributed by atoms with E-state index in [-0.39, 0.29) is 0 Å². The summed E-state index contributed by atoms with van der Waals surface area (Å²) in [4.78, 5) is 4.64. The fourth-order valence-electron chi connectivity index (χ4n) is 1.87. The number of rotatable bonds is 6. The van der Waals surface area contributed by atoms with Gasteiger partial charge in [-0.3, -0.25) is 0 Å². The highest BCUT2D eigenvalue weighted by atomic mass is 32.1. The van der Waals surface area contributed by atoms with Gasteiger partial charge in [0.05, 0.1) is 10.7 Å². The second-order valence-electron chi connectivity index (χ2n) is 4.61. The molecule has 2 rings (SSSR count). The van der Waals surface area contributed by atoms with E-state index >= 15 is 0 Å². The number of aryl methyl sites for hydroxylation is 4. The van der Waals surface area contributed by atoms with Crippen LogP contribution in [0.4, 0.5) is 0 Å². The Kier molecular flexibility index (Phi) is 4.90.